The highest BCUT2D eigenvalue weighted by Crippen LogP contribution is 2.32. The number of rotatable bonds is 3. The molecule has 1 aliphatic rings. The van der Waals surface area contributed by atoms with Crippen molar-refractivity contribution < 1.29 is 5.11 Å². The average molecular weight is 248 g/mol. The molecule has 0 bridgehead atoms. The third kappa shape index (κ3) is 3.16. The smallest absolute Gasteiger partial charge is 0.0821 e. The molecule has 2 unspecified atom stereocenters. The quantitative estimate of drug-likeness (QED) is 0.721. The van der Waals surface area contributed by atoms with Crippen molar-refractivity contribution in [3.05, 3.63) is 23.8 Å². The van der Waals surface area contributed by atoms with E-state index >= 15 is 0 Å². The molecular formula is C15H24N2O. The van der Waals surface area contributed by atoms with Crippen LogP contribution in [-0.2, 0) is 0 Å². The van der Waals surface area contributed by atoms with Crippen molar-refractivity contribution >= 4 is 11.4 Å². The maximum absolute atomic E-state index is 10.5. The molecule has 1 saturated carbocycles. The van der Waals surface area contributed by atoms with Gasteiger partial charge in [-0.25, -0.2) is 0 Å². The second-order valence-corrected chi connectivity index (χ2v) is 5.87. The Bertz CT molecular complexity index is 419. The second kappa shape index (κ2) is 5.19. The van der Waals surface area contributed by atoms with E-state index in [2.05, 4.69) is 12.2 Å². The molecule has 0 spiro atoms. The van der Waals surface area contributed by atoms with Crippen LogP contribution in [0.5, 0.6) is 0 Å². The van der Waals surface area contributed by atoms with Crippen LogP contribution in [0.1, 0.15) is 38.2 Å². The van der Waals surface area contributed by atoms with Crippen LogP contribution in [-0.4, -0.2) is 17.3 Å². The van der Waals surface area contributed by atoms with Gasteiger partial charge in [0, 0.05) is 6.54 Å². The normalized spacial score (nSPS) is 28.1. The van der Waals surface area contributed by atoms with Crippen LogP contribution in [0.4, 0.5) is 11.4 Å². The number of hydrogen-bond donors (Lipinski definition) is 3. The van der Waals surface area contributed by atoms with Crippen molar-refractivity contribution in [1.82, 2.24) is 0 Å². The van der Waals surface area contributed by atoms with Gasteiger partial charge in [-0.1, -0.05) is 25.8 Å². The molecule has 4 N–H and O–H groups in total. The van der Waals surface area contributed by atoms with Crippen LogP contribution in [0.2, 0.25) is 0 Å². The first-order valence-electron chi connectivity index (χ1n) is 6.81. The van der Waals surface area contributed by atoms with Gasteiger partial charge >= 0.3 is 0 Å². The number of benzene rings is 1. The summed E-state index contributed by atoms with van der Waals surface area (Å²) >= 11 is 0. The van der Waals surface area contributed by atoms with Crippen molar-refractivity contribution in [2.45, 2.75) is 45.1 Å². The molecule has 0 aromatic heterocycles. The predicted molar refractivity (Wildman–Crippen MR) is 76.7 cm³/mol. The maximum atomic E-state index is 10.5. The highest BCUT2D eigenvalue weighted by atomic mass is 16.3. The summed E-state index contributed by atoms with van der Waals surface area (Å²) < 4.78 is 0. The molecule has 1 aromatic carbocycles. The topological polar surface area (TPSA) is 58.3 Å². The number of aryl methyl sites for hydroxylation is 1. The molecule has 18 heavy (non-hydrogen) atoms. The Morgan fingerprint density at radius 2 is 2.28 bits per heavy atom. The summed E-state index contributed by atoms with van der Waals surface area (Å²) in [6.07, 6.45) is 4.11. The third-order valence-corrected chi connectivity index (χ3v) is 3.88. The SMILES string of the molecule is Cc1ccc(NCC2(O)CCCC(C)C2)c(N)c1. The van der Waals surface area contributed by atoms with Gasteiger partial charge in [0.05, 0.1) is 17.0 Å². The monoisotopic (exact) mass is 248 g/mol. The molecule has 100 valence electrons. The molecule has 1 fully saturated rings. The zero-order valence-electron chi connectivity index (χ0n) is 11.4. The highest BCUT2D eigenvalue weighted by molar-refractivity contribution is 5.66. The van der Waals surface area contributed by atoms with Crippen LogP contribution < -0.4 is 11.1 Å². The first-order chi connectivity index (χ1) is 8.48. The number of nitrogen functional groups attached to an aromatic ring is 1. The Morgan fingerprint density at radius 1 is 1.50 bits per heavy atom. The molecule has 0 heterocycles. The summed E-state index contributed by atoms with van der Waals surface area (Å²) in [6.45, 7) is 4.82. The fourth-order valence-corrected chi connectivity index (χ4v) is 2.90. The largest absolute Gasteiger partial charge is 0.397 e. The molecule has 0 amide bonds. The molecule has 1 aliphatic carbocycles. The number of hydrogen-bond acceptors (Lipinski definition) is 3. The van der Waals surface area contributed by atoms with Crippen LogP contribution >= 0.6 is 0 Å². The Hall–Kier alpha value is -1.22. The summed E-state index contributed by atoms with van der Waals surface area (Å²) in [7, 11) is 0. The van der Waals surface area contributed by atoms with Gasteiger partial charge < -0.3 is 16.2 Å². The Morgan fingerprint density at radius 3 is 2.94 bits per heavy atom. The molecule has 1 aromatic rings. The average Bonchev–Trinajstić information content (AvgIpc) is 2.27. The van der Waals surface area contributed by atoms with Crippen molar-refractivity contribution in [3.8, 4) is 0 Å². The highest BCUT2D eigenvalue weighted by Gasteiger charge is 2.32. The van der Waals surface area contributed by atoms with E-state index in [0.717, 1.165) is 36.2 Å². The zero-order chi connectivity index (χ0) is 13.2. The van der Waals surface area contributed by atoms with Gasteiger partial charge in [-0.15, -0.1) is 0 Å². The van der Waals surface area contributed by atoms with Gasteiger partial charge in [0.15, 0.2) is 0 Å². The molecule has 3 heteroatoms. The number of nitrogens with one attached hydrogen (secondary N) is 1. The lowest BCUT2D eigenvalue weighted by atomic mass is 9.79. The standard InChI is InChI=1S/C15H24N2O/c1-11-5-6-14(13(16)8-11)17-10-15(18)7-3-4-12(2)9-15/h5-6,8,12,17-18H,3-4,7,9-10,16H2,1-2H3. The lowest BCUT2D eigenvalue weighted by Crippen LogP contribution is -2.41. The van der Waals surface area contributed by atoms with E-state index in [9.17, 15) is 5.11 Å². The third-order valence-electron chi connectivity index (χ3n) is 3.88. The van der Waals surface area contributed by atoms with E-state index in [1.165, 1.54) is 6.42 Å². The molecule has 3 nitrogen and oxygen atoms in total. The van der Waals surface area contributed by atoms with Crippen molar-refractivity contribution in [3.63, 3.8) is 0 Å². The van der Waals surface area contributed by atoms with Crippen LogP contribution in [0, 0.1) is 12.8 Å². The number of anilines is 2. The minimum Gasteiger partial charge on any atom is -0.397 e. The van der Waals surface area contributed by atoms with Gasteiger partial charge in [-0.2, -0.15) is 0 Å². The summed E-state index contributed by atoms with van der Waals surface area (Å²) in [5.41, 5.74) is 8.22. The molecule has 2 atom stereocenters. The summed E-state index contributed by atoms with van der Waals surface area (Å²) in [6, 6.07) is 5.97. The van der Waals surface area contributed by atoms with E-state index in [-0.39, 0.29) is 0 Å². The molecule has 0 radical (unpaired) electrons. The van der Waals surface area contributed by atoms with E-state index in [0.29, 0.717) is 12.5 Å². The van der Waals surface area contributed by atoms with Gasteiger partial charge in [0.1, 0.15) is 0 Å². The van der Waals surface area contributed by atoms with Crippen LogP contribution in [0.25, 0.3) is 0 Å². The van der Waals surface area contributed by atoms with Gasteiger partial charge in [-0.05, 0) is 43.4 Å². The van der Waals surface area contributed by atoms with Crippen molar-refractivity contribution in [2.75, 3.05) is 17.6 Å². The summed E-state index contributed by atoms with van der Waals surface area (Å²) in [4.78, 5) is 0. The Balaban J connectivity index is 1.98. The molecule has 0 saturated heterocycles. The molecule has 2 rings (SSSR count). The fourth-order valence-electron chi connectivity index (χ4n) is 2.90. The van der Waals surface area contributed by atoms with Crippen molar-refractivity contribution in [1.29, 1.82) is 0 Å². The van der Waals surface area contributed by atoms with Crippen LogP contribution in [0.3, 0.4) is 0 Å². The first kappa shape index (κ1) is 13.2. The minimum absolute atomic E-state index is 0.574. The van der Waals surface area contributed by atoms with Gasteiger partial charge in [-0.3, -0.25) is 0 Å². The van der Waals surface area contributed by atoms with E-state index in [1.54, 1.807) is 0 Å². The van der Waals surface area contributed by atoms with Crippen LogP contribution in [0.15, 0.2) is 18.2 Å². The van der Waals surface area contributed by atoms with E-state index < -0.39 is 5.60 Å². The summed E-state index contributed by atoms with van der Waals surface area (Å²) in [5.74, 6) is 0.612. The fraction of sp³-hybridized carbons (Fsp3) is 0.600. The lowest BCUT2D eigenvalue weighted by Gasteiger charge is -2.36. The zero-order valence-corrected chi connectivity index (χ0v) is 11.4. The Kier molecular flexibility index (Phi) is 3.81. The van der Waals surface area contributed by atoms with Crippen molar-refractivity contribution in [2.24, 2.45) is 5.92 Å². The van der Waals surface area contributed by atoms with E-state index in [1.807, 2.05) is 25.1 Å². The second-order valence-electron chi connectivity index (χ2n) is 5.87. The predicted octanol–water partition coefficient (Wildman–Crippen LogP) is 2.93. The molecule has 0 aliphatic heterocycles. The molecular weight excluding hydrogens is 224 g/mol. The number of aliphatic hydroxyl groups is 1. The van der Waals surface area contributed by atoms with Gasteiger partial charge in [0.25, 0.3) is 0 Å². The lowest BCUT2D eigenvalue weighted by molar-refractivity contribution is -0.000746. The van der Waals surface area contributed by atoms with Gasteiger partial charge in [0.2, 0.25) is 0 Å². The first-order valence-corrected chi connectivity index (χ1v) is 6.81. The Labute approximate surface area is 109 Å². The van der Waals surface area contributed by atoms with E-state index in [4.69, 9.17) is 5.73 Å². The maximum Gasteiger partial charge on any atom is 0.0821 e. The number of nitrogens with two attached hydrogens (primary N) is 1. The summed E-state index contributed by atoms with van der Waals surface area (Å²) in [5, 5.41) is 13.8. The minimum atomic E-state index is -0.574.